The van der Waals surface area contributed by atoms with E-state index in [0.717, 1.165) is 96.4 Å². The van der Waals surface area contributed by atoms with Gasteiger partial charge in [0.05, 0.1) is 31.0 Å². The second kappa shape index (κ2) is 22.8. The van der Waals surface area contributed by atoms with Crippen molar-refractivity contribution in [3.8, 4) is 16.9 Å². The number of carbonyl (C=O) groups is 2. The Labute approximate surface area is 344 Å². The number of nitrogens with zero attached hydrogens (tertiary/aromatic N) is 1. The maximum atomic E-state index is 12.2. The number of amides is 2. The molecule has 2 amide bonds. The molecule has 0 spiro atoms. The van der Waals surface area contributed by atoms with E-state index in [0.29, 0.717) is 43.7 Å². The number of rotatable bonds is 27. The molecular formula is C43H58ClN3O9S. The zero-order chi connectivity index (χ0) is 40.6. The maximum Gasteiger partial charge on any atom is 0.314 e. The number of ketones is 1. The molecule has 7 N–H and O–H groups in total. The average molecular weight is 828 g/mol. The molecular weight excluding hydrogens is 770 g/mol. The van der Waals surface area contributed by atoms with Gasteiger partial charge in [-0.15, -0.1) is 11.8 Å². The van der Waals surface area contributed by atoms with E-state index in [-0.39, 0.29) is 24.7 Å². The standard InChI is InChI=1S/C43H58ClN3O9S/c44-36-16-15-32(25-29(36)28-55-43(19-20-43)35-26-45-23-18-33(35)34-10-4-5-11-39(34)56-31-13-14-31)57-24-8-2-7-22-47-42(54)46-21-6-1-3-9-30(49)12-17-37(50)40(52)41(53)38(51)27-48/h4-5,10-11,15-16,18,23,25-26,31,37-38,40-41,48,50-53H,1-3,6-9,12-14,17,19-22,24,27-28H2,(H2,46,47,54)/t37-,38+,40+,41+/m0/s1. The number of halogens is 1. The normalized spacial score (nSPS) is 16.7. The third-order valence-corrected chi connectivity index (χ3v) is 11.8. The van der Waals surface area contributed by atoms with Crippen LogP contribution in [0, 0.1) is 0 Å². The Bertz CT molecular complexity index is 1730. The molecule has 0 radical (unpaired) electrons. The van der Waals surface area contributed by atoms with E-state index < -0.39 is 36.6 Å². The summed E-state index contributed by atoms with van der Waals surface area (Å²) < 4.78 is 12.9. The van der Waals surface area contributed by atoms with Gasteiger partial charge >= 0.3 is 6.03 Å². The van der Waals surface area contributed by atoms with Crippen LogP contribution in [0.5, 0.6) is 5.75 Å². The Morgan fingerprint density at radius 1 is 0.877 bits per heavy atom. The van der Waals surface area contributed by atoms with Gasteiger partial charge in [0.15, 0.2) is 0 Å². The molecule has 3 aromatic rings. The van der Waals surface area contributed by atoms with Gasteiger partial charge in [-0.25, -0.2) is 4.79 Å². The van der Waals surface area contributed by atoms with Crippen molar-refractivity contribution in [3.63, 3.8) is 0 Å². The molecule has 0 unspecified atom stereocenters. The van der Waals surface area contributed by atoms with Crippen LogP contribution in [0.4, 0.5) is 4.79 Å². The van der Waals surface area contributed by atoms with Gasteiger partial charge in [-0.3, -0.25) is 9.78 Å². The van der Waals surface area contributed by atoms with Crippen LogP contribution in [0.1, 0.15) is 94.6 Å². The first-order chi connectivity index (χ1) is 27.6. The number of aliphatic hydroxyl groups is 5. The molecule has 0 saturated heterocycles. The predicted octanol–water partition coefficient (Wildman–Crippen LogP) is 6.06. The Morgan fingerprint density at radius 2 is 1.60 bits per heavy atom. The van der Waals surface area contributed by atoms with Crippen molar-refractivity contribution in [2.24, 2.45) is 0 Å². The van der Waals surface area contributed by atoms with Crippen molar-refractivity contribution < 1.29 is 44.6 Å². The molecule has 5 rings (SSSR count). The molecule has 0 bridgehead atoms. The molecule has 2 aromatic carbocycles. The van der Waals surface area contributed by atoms with E-state index in [1.165, 1.54) is 0 Å². The number of nitrogens with one attached hydrogen (secondary N) is 2. The smallest absolute Gasteiger partial charge is 0.314 e. The number of benzene rings is 2. The second-order valence-corrected chi connectivity index (χ2v) is 16.6. The van der Waals surface area contributed by atoms with Gasteiger partial charge in [-0.1, -0.05) is 42.6 Å². The van der Waals surface area contributed by atoms with Crippen LogP contribution in [0.15, 0.2) is 65.8 Å². The first kappa shape index (κ1) is 44.8. The Hall–Kier alpha value is -3.27. The van der Waals surface area contributed by atoms with E-state index in [1.807, 2.05) is 42.7 Å². The lowest BCUT2D eigenvalue weighted by Crippen LogP contribution is -2.45. The zero-order valence-electron chi connectivity index (χ0n) is 32.5. The molecule has 1 aromatic heterocycles. The number of carbonyl (C=O) groups excluding carboxylic acids is 2. The fraction of sp³-hybridized carbons (Fsp3) is 0.558. The number of unbranched alkanes of at least 4 members (excludes halogenated alkanes) is 4. The van der Waals surface area contributed by atoms with Gasteiger partial charge in [0, 0.05) is 59.4 Å². The SMILES string of the molecule is O=C(CCCCCNC(=O)NCCCCCSc1ccc(Cl)c(COC2(c3cnccc3-c3ccccc3OC3CC3)CC2)c1)CC[C@H](O)[C@@H](O)[C@H](O)[C@H](O)CO. The molecule has 2 aliphatic carbocycles. The molecule has 2 fully saturated rings. The van der Waals surface area contributed by atoms with Crippen molar-refractivity contribution in [2.75, 3.05) is 25.4 Å². The summed E-state index contributed by atoms with van der Waals surface area (Å²) in [5.74, 6) is 1.77. The average Bonchev–Trinajstić information content (AvgIpc) is 4.18. The lowest BCUT2D eigenvalue weighted by Gasteiger charge is -2.25. The minimum atomic E-state index is -1.70. The van der Waals surface area contributed by atoms with E-state index in [1.54, 1.807) is 11.8 Å². The topological polar surface area (TPSA) is 191 Å². The molecule has 4 atom stereocenters. The highest BCUT2D eigenvalue weighted by atomic mass is 35.5. The van der Waals surface area contributed by atoms with Gasteiger partial charge in [0.1, 0.15) is 29.8 Å². The number of para-hydroxylation sites is 1. The first-order valence-electron chi connectivity index (χ1n) is 20.2. The molecule has 2 aliphatic rings. The van der Waals surface area contributed by atoms with Crippen molar-refractivity contribution in [1.82, 2.24) is 15.6 Å². The summed E-state index contributed by atoms with van der Waals surface area (Å²) in [6, 6.07) is 16.2. The van der Waals surface area contributed by atoms with Gasteiger partial charge in [0.2, 0.25) is 0 Å². The predicted molar refractivity (Wildman–Crippen MR) is 220 cm³/mol. The Morgan fingerprint density at radius 3 is 2.32 bits per heavy atom. The molecule has 312 valence electrons. The Balaban J connectivity index is 0.919. The third kappa shape index (κ3) is 14.2. The van der Waals surface area contributed by atoms with Crippen LogP contribution >= 0.6 is 23.4 Å². The molecule has 0 aliphatic heterocycles. The fourth-order valence-electron chi connectivity index (χ4n) is 6.57. The largest absolute Gasteiger partial charge is 0.490 e. The molecule has 2 saturated carbocycles. The van der Waals surface area contributed by atoms with Crippen molar-refractivity contribution >= 4 is 35.2 Å². The number of Topliss-reactive ketones (excluding diaryl/α,β-unsaturated/α-hetero) is 1. The number of hydrogen-bond acceptors (Lipinski definition) is 11. The van der Waals surface area contributed by atoms with Crippen molar-refractivity contribution in [2.45, 2.75) is 131 Å². The van der Waals surface area contributed by atoms with E-state index in [2.05, 4.69) is 33.8 Å². The van der Waals surface area contributed by atoms with Crippen LogP contribution < -0.4 is 15.4 Å². The number of aliphatic hydroxyl groups excluding tert-OH is 5. The summed E-state index contributed by atoms with van der Waals surface area (Å²) >= 11 is 8.43. The van der Waals surface area contributed by atoms with E-state index >= 15 is 0 Å². The van der Waals surface area contributed by atoms with Crippen LogP contribution in [0.3, 0.4) is 0 Å². The van der Waals surface area contributed by atoms with Crippen molar-refractivity contribution in [1.29, 1.82) is 0 Å². The van der Waals surface area contributed by atoms with Crippen LogP contribution in [-0.4, -0.2) is 98.3 Å². The summed E-state index contributed by atoms with van der Waals surface area (Å²) in [7, 11) is 0. The number of aromatic nitrogens is 1. The highest BCUT2D eigenvalue weighted by Crippen LogP contribution is 2.53. The monoisotopic (exact) mass is 827 g/mol. The summed E-state index contributed by atoms with van der Waals surface area (Å²) in [4.78, 5) is 29.9. The van der Waals surface area contributed by atoms with Gasteiger partial charge in [-0.05, 0) is 105 Å². The minimum absolute atomic E-state index is 0.0280. The van der Waals surface area contributed by atoms with Gasteiger partial charge in [0.25, 0.3) is 0 Å². The second-order valence-electron chi connectivity index (χ2n) is 15.0. The third-order valence-electron chi connectivity index (χ3n) is 10.4. The highest BCUT2D eigenvalue weighted by Gasteiger charge is 2.48. The summed E-state index contributed by atoms with van der Waals surface area (Å²) in [6.45, 7) is 0.735. The maximum absolute atomic E-state index is 12.2. The van der Waals surface area contributed by atoms with Crippen molar-refractivity contribution in [3.05, 3.63) is 77.1 Å². The number of ether oxygens (including phenoxy) is 2. The van der Waals surface area contributed by atoms with Crippen LogP contribution in [0.25, 0.3) is 11.1 Å². The number of pyridine rings is 1. The number of thioether (sulfide) groups is 1. The lowest BCUT2D eigenvalue weighted by molar-refractivity contribution is -0.125. The highest BCUT2D eigenvalue weighted by molar-refractivity contribution is 7.99. The molecule has 14 heteroatoms. The fourth-order valence-corrected chi connectivity index (χ4v) is 7.72. The van der Waals surface area contributed by atoms with Gasteiger partial charge in [-0.2, -0.15) is 0 Å². The van der Waals surface area contributed by atoms with E-state index in [4.69, 9.17) is 26.2 Å². The summed E-state index contributed by atoms with van der Waals surface area (Å²) in [5, 5.41) is 54.1. The Kier molecular flexibility index (Phi) is 17.9. The number of urea groups is 1. The van der Waals surface area contributed by atoms with E-state index in [9.17, 15) is 30.0 Å². The quantitative estimate of drug-likeness (QED) is 0.0350. The van der Waals surface area contributed by atoms with Crippen LogP contribution in [-0.2, 0) is 21.7 Å². The summed E-state index contributed by atoms with van der Waals surface area (Å²) in [6.07, 6.45) is 7.03. The first-order valence-corrected chi connectivity index (χ1v) is 21.6. The summed E-state index contributed by atoms with van der Waals surface area (Å²) in [5.41, 5.74) is 3.80. The van der Waals surface area contributed by atoms with Crippen LogP contribution in [0.2, 0.25) is 5.02 Å². The lowest BCUT2D eigenvalue weighted by atomic mass is 9.96. The minimum Gasteiger partial charge on any atom is -0.490 e. The van der Waals surface area contributed by atoms with Gasteiger partial charge < -0.3 is 45.6 Å². The molecule has 57 heavy (non-hydrogen) atoms. The molecule has 1 heterocycles. The number of hydrogen-bond donors (Lipinski definition) is 7. The zero-order valence-corrected chi connectivity index (χ0v) is 34.1. The molecule has 12 nitrogen and oxygen atoms in total.